The lowest BCUT2D eigenvalue weighted by atomic mass is 10.0. The summed E-state index contributed by atoms with van der Waals surface area (Å²) in [5.74, 6) is -0.838. The standard InChI is InChI=1S/C56H104NO8P/c1-6-8-10-12-14-16-18-20-22-24-25-26-27-28-29-30-31-33-35-37-39-41-43-45-47-49-56(59)65-54(53-64-66(60,61)63-51-50-57(3,4)5)52-62-55(58)48-46-44-42-40-38-36-34-32-23-21-19-17-15-13-11-9-7-2/h15,17-18,20-21,23-25,54H,6-14,16,19,22,26-53H2,1-5H3/b17-15-,20-18-,23-21-,25-24-. The molecule has 2 atom stereocenters. The maximum Gasteiger partial charge on any atom is 0.306 e. The molecule has 66 heavy (non-hydrogen) atoms. The van der Waals surface area contributed by atoms with Crippen molar-refractivity contribution in [3.05, 3.63) is 48.6 Å². The van der Waals surface area contributed by atoms with Crippen molar-refractivity contribution in [1.82, 2.24) is 0 Å². The van der Waals surface area contributed by atoms with Gasteiger partial charge in [0.2, 0.25) is 0 Å². The molecule has 9 nitrogen and oxygen atoms in total. The van der Waals surface area contributed by atoms with E-state index >= 15 is 0 Å². The molecule has 0 fully saturated rings. The molecule has 0 bridgehead atoms. The van der Waals surface area contributed by atoms with Crippen molar-refractivity contribution in [2.75, 3.05) is 47.5 Å². The number of hydrogen-bond acceptors (Lipinski definition) is 8. The molecule has 0 aliphatic heterocycles. The highest BCUT2D eigenvalue weighted by molar-refractivity contribution is 7.45. The first-order valence-electron chi connectivity index (χ1n) is 27.3. The van der Waals surface area contributed by atoms with Gasteiger partial charge in [0, 0.05) is 12.8 Å². The average Bonchev–Trinajstić information content (AvgIpc) is 3.27. The summed E-state index contributed by atoms with van der Waals surface area (Å²) in [7, 11) is 1.16. The second-order valence-corrected chi connectivity index (χ2v) is 21.0. The van der Waals surface area contributed by atoms with Gasteiger partial charge in [0.25, 0.3) is 7.82 Å². The average molecular weight is 950 g/mol. The molecule has 0 radical (unpaired) electrons. The van der Waals surface area contributed by atoms with Crippen LogP contribution >= 0.6 is 7.82 Å². The van der Waals surface area contributed by atoms with Gasteiger partial charge in [-0.05, 0) is 77.0 Å². The van der Waals surface area contributed by atoms with Gasteiger partial charge in [0.15, 0.2) is 6.10 Å². The van der Waals surface area contributed by atoms with E-state index in [0.717, 1.165) is 64.2 Å². The number of hydrogen-bond donors (Lipinski definition) is 0. The summed E-state index contributed by atoms with van der Waals surface area (Å²) in [4.78, 5) is 37.8. The van der Waals surface area contributed by atoms with Crippen molar-refractivity contribution >= 4 is 19.8 Å². The lowest BCUT2D eigenvalue weighted by Gasteiger charge is -2.28. The molecule has 0 aliphatic carbocycles. The van der Waals surface area contributed by atoms with E-state index in [1.165, 1.54) is 148 Å². The topological polar surface area (TPSA) is 111 Å². The third kappa shape index (κ3) is 51.4. The van der Waals surface area contributed by atoms with Crippen molar-refractivity contribution in [1.29, 1.82) is 0 Å². The fourth-order valence-corrected chi connectivity index (χ4v) is 8.27. The Morgan fingerprint density at radius 3 is 1.23 bits per heavy atom. The molecule has 0 heterocycles. The molecule has 0 saturated carbocycles. The number of allylic oxidation sites excluding steroid dienone is 8. The molecule has 2 unspecified atom stereocenters. The van der Waals surface area contributed by atoms with Gasteiger partial charge in [-0.1, -0.05) is 204 Å². The van der Waals surface area contributed by atoms with Gasteiger partial charge in [-0.3, -0.25) is 14.2 Å². The number of rotatable bonds is 50. The molecular weight excluding hydrogens is 846 g/mol. The molecular formula is C56H104NO8P. The first kappa shape index (κ1) is 64.0. The lowest BCUT2D eigenvalue weighted by molar-refractivity contribution is -0.870. The van der Waals surface area contributed by atoms with Crippen molar-refractivity contribution in [2.24, 2.45) is 0 Å². The first-order valence-corrected chi connectivity index (χ1v) is 28.8. The van der Waals surface area contributed by atoms with Crippen LogP contribution < -0.4 is 4.89 Å². The zero-order chi connectivity index (χ0) is 48.5. The van der Waals surface area contributed by atoms with Crippen LogP contribution in [0.4, 0.5) is 0 Å². The Bertz CT molecular complexity index is 1260. The summed E-state index contributed by atoms with van der Waals surface area (Å²) >= 11 is 0. The zero-order valence-electron chi connectivity index (χ0n) is 43.6. The number of likely N-dealkylation sites (N-methyl/N-ethyl adjacent to an activating group) is 1. The van der Waals surface area contributed by atoms with Crippen LogP contribution in [0.3, 0.4) is 0 Å². The summed E-state index contributed by atoms with van der Waals surface area (Å²) in [6.45, 7) is 4.21. The van der Waals surface area contributed by atoms with Crippen LogP contribution in [-0.4, -0.2) is 70.0 Å². The smallest absolute Gasteiger partial charge is 0.306 e. The highest BCUT2D eigenvalue weighted by atomic mass is 31.2. The fourth-order valence-electron chi connectivity index (χ4n) is 7.54. The SMILES string of the molecule is CCCCC/C=C\C/C=C\CCCCCCCCCC(=O)OCC(COP(=O)([O-])OCC[N+](C)(C)C)OC(=O)CCCCCCCCCCCCCCC/C=C\C/C=C\CCCCCCC. The highest BCUT2D eigenvalue weighted by Crippen LogP contribution is 2.38. The van der Waals surface area contributed by atoms with Crippen LogP contribution in [0.15, 0.2) is 48.6 Å². The van der Waals surface area contributed by atoms with E-state index in [9.17, 15) is 19.0 Å². The van der Waals surface area contributed by atoms with Gasteiger partial charge in [-0.25, -0.2) is 0 Å². The van der Waals surface area contributed by atoms with Gasteiger partial charge < -0.3 is 27.9 Å². The number of quaternary nitrogens is 1. The molecule has 0 spiro atoms. The quantitative estimate of drug-likeness (QED) is 0.0195. The zero-order valence-corrected chi connectivity index (χ0v) is 44.5. The Morgan fingerprint density at radius 1 is 0.470 bits per heavy atom. The van der Waals surface area contributed by atoms with Crippen LogP contribution in [0.25, 0.3) is 0 Å². The Hall–Kier alpha value is -2.03. The Morgan fingerprint density at radius 2 is 0.818 bits per heavy atom. The predicted octanol–water partition coefficient (Wildman–Crippen LogP) is 16.0. The van der Waals surface area contributed by atoms with E-state index in [-0.39, 0.29) is 32.0 Å². The van der Waals surface area contributed by atoms with Crippen LogP contribution in [0.2, 0.25) is 0 Å². The number of esters is 2. The van der Waals surface area contributed by atoms with E-state index in [1.807, 2.05) is 21.1 Å². The number of ether oxygens (including phenoxy) is 2. The normalized spacial score (nSPS) is 13.7. The lowest BCUT2D eigenvalue weighted by Crippen LogP contribution is -2.37. The Labute approximate surface area is 407 Å². The van der Waals surface area contributed by atoms with Crippen molar-refractivity contribution in [2.45, 2.75) is 251 Å². The largest absolute Gasteiger partial charge is 0.756 e. The predicted molar refractivity (Wildman–Crippen MR) is 277 cm³/mol. The third-order valence-corrected chi connectivity index (χ3v) is 12.8. The Balaban J connectivity index is 4.19. The van der Waals surface area contributed by atoms with Gasteiger partial charge in [-0.2, -0.15) is 0 Å². The minimum absolute atomic E-state index is 0.0327. The maximum absolute atomic E-state index is 12.8. The van der Waals surface area contributed by atoms with Crippen molar-refractivity contribution < 1.29 is 42.1 Å². The highest BCUT2D eigenvalue weighted by Gasteiger charge is 2.21. The molecule has 386 valence electrons. The Kier molecular flexibility index (Phi) is 46.5. The van der Waals surface area contributed by atoms with Gasteiger partial charge >= 0.3 is 11.9 Å². The second kappa shape index (κ2) is 48.0. The minimum atomic E-state index is -4.63. The summed E-state index contributed by atoms with van der Waals surface area (Å²) in [6.07, 6.45) is 58.6. The molecule has 0 amide bonds. The van der Waals surface area contributed by atoms with E-state index < -0.39 is 26.5 Å². The molecule has 0 aromatic heterocycles. The van der Waals surface area contributed by atoms with E-state index in [0.29, 0.717) is 17.4 Å². The van der Waals surface area contributed by atoms with Crippen molar-refractivity contribution in [3.8, 4) is 0 Å². The maximum atomic E-state index is 12.8. The van der Waals surface area contributed by atoms with Crippen LogP contribution in [0.1, 0.15) is 245 Å². The molecule has 0 rings (SSSR count). The van der Waals surface area contributed by atoms with Crippen molar-refractivity contribution in [3.63, 3.8) is 0 Å². The summed E-state index contributed by atoms with van der Waals surface area (Å²) in [5, 5.41) is 0. The van der Waals surface area contributed by atoms with Crippen LogP contribution in [0, 0.1) is 0 Å². The fraction of sp³-hybridized carbons (Fsp3) is 0.821. The van der Waals surface area contributed by atoms with Gasteiger partial charge in [-0.15, -0.1) is 0 Å². The molecule has 0 aliphatic rings. The second-order valence-electron chi connectivity index (χ2n) is 19.6. The summed E-state index contributed by atoms with van der Waals surface area (Å²) in [6, 6.07) is 0. The van der Waals surface area contributed by atoms with Crippen LogP contribution in [0.5, 0.6) is 0 Å². The molecule has 10 heteroatoms. The van der Waals surface area contributed by atoms with Crippen LogP contribution in [-0.2, 0) is 32.7 Å². The van der Waals surface area contributed by atoms with E-state index in [1.54, 1.807) is 0 Å². The third-order valence-electron chi connectivity index (χ3n) is 11.8. The molecule has 0 aromatic carbocycles. The van der Waals surface area contributed by atoms with E-state index in [2.05, 4.69) is 62.5 Å². The molecule has 0 N–H and O–H groups in total. The number of carbonyl (C=O) groups excluding carboxylic acids is 2. The monoisotopic (exact) mass is 950 g/mol. The molecule has 0 saturated heterocycles. The number of nitrogens with zero attached hydrogens (tertiary/aromatic N) is 1. The number of unbranched alkanes of at least 4 members (excludes halogenated alkanes) is 28. The number of phosphoric ester groups is 1. The molecule has 0 aromatic rings. The first-order chi connectivity index (χ1) is 32.0. The van der Waals surface area contributed by atoms with Gasteiger partial charge in [0.1, 0.15) is 19.8 Å². The summed E-state index contributed by atoms with van der Waals surface area (Å²) in [5.41, 5.74) is 0. The van der Waals surface area contributed by atoms with E-state index in [4.69, 9.17) is 18.5 Å². The van der Waals surface area contributed by atoms with Gasteiger partial charge in [0.05, 0.1) is 27.7 Å². The summed E-state index contributed by atoms with van der Waals surface area (Å²) < 4.78 is 34.1. The number of phosphoric acid groups is 1. The number of carbonyl (C=O) groups is 2. The minimum Gasteiger partial charge on any atom is -0.756 e.